The number of rotatable bonds is 5. The van der Waals surface area contributed by atoms with Crippen molar-refractivity contribution in [3.8, 4) is 0 Å². The lowest BCUT2D eigenvalue weighted by atomic mass is 9.91. The highest BCUT2D eigenvalue weighted by Crippen LogP contribution is 2.26. The van der Waals surface area contributed by atoms with Crippen LogP contribution in [0.1, 0.15) is 31.2 Å². The quantitative estimate of drug-likeness (QED) is 0.825. The highest BCUT2D eigenvalue weighted by Gasteiger charge is 2.36. The van der Waals surface area contributed by atoms with Crippen molar-refractivity contribution >= 4 is 21.8 Å². The first kappa shape index (κ1) is 19.9. The Balaban J connectivity index is 1.83. The Morgan fingerprint density at radius 3 is 2.63 bits per heavy atom. The molecule has 2 saturated heterocycles. The van der Waals surface area contributed by atoms with Crippen molar-refractivity contribution < 1.29 is 17.9 Å². The molecule has 0 aliphatic carbocycles. The SMILES string of the molecule is COC(=O)N1CCCC(NS(C)(=O)=O)C1Cc1cccc(N2CCCC2)c1. The molecule has 1 aromatic carbocycles. The number of anilines is 1. The van der Waals surface area contributed by atoms with Gasteiger partial charge in [0, 0.05) is 31.4 Å². The van der Waals surface area contributed by atoms with Gasteiger partial charge in [0.05, 0.1) is 19.4 Å². The van der Waals surface area contributed by atoms with E-state index in [0.29, 0.717) is 19.4 Å². The zero-order chi connectivity index (χ0) is 19.4. The minimum absolute atomic E-state index is 0.269. The molecule has 1 aromatic rings. The maximum absolute atomic E-state index is 12.3. The molecule has 2 atom stereocenters. The molecule has 2 aliphatic heterocycles. The van der Waals surface area contributed by atoms with Crippen molar-refractivity contribution in [2.24, 2.45) is 0 Å². The van der Waals surface area contributed by atoms with Crippen LogP contribution in [0, 0.1) is 0 Å². The summed E-state index contributed by atoms with van der Waals surface area (Å²) in [5, 5.41) is 0. The number of hydrogen-bond acceptors (Lipinski definition) is 5. The van der Waals surface area contributed by atoms with E-state index in [1.54, 1.807) is 4.90 Å². The fraction of sp³-hybridized carbons (Fsp3) is 0.632. The van der Waals surface area contributed by atoms with Gasteiger partial charge in [0.1, 0.15) is 0 Å². The lowest BCUT2D eigenvalue weighted by Gasteiger charge is -2.40. The van der Waals surface area contributed by atoms with E-state index in [9.17, 15) is 13.2 Å². The van der Waals surface area contributed by atoms with Gasteiger partial charge in [-0.1, -0.05) is 12.1 Å². The summed E-state index contributed by atoms with van der Waals surface area (Å²) in [6.45, 7) is 2.71. The molecule has 1 N–H and O–H groups in total. The standard InChI is InChI=1S/C19H29N3O4S/c1-26-19(23)22-12-6-9-17(20-27(2,24)25)18(22)14-15-7-5-8-16(13-15)21-10-3-4-11-21/h5,7-8,13,17-18,20H,3-4,6,9-12,14H2,1-2H3. The molecule has 1 amide bonds. The third-order valence-corrected chi connectivity index (χ3v) is 6.11. The van der Waals surface area contributed by atoms with E-state index in [1.165, 1.54) is 25.6 Å². The summed E-state index contributed by atoms with van der Waals surface area (Å²) in [6.07, 6.45) is 5.21. The number of carbonyl (C=O) groups is 1. The van der Waals surface area contributed by atoms with Crippen LogP contribution < -0.4 is 9.62 Å². The van der Waals surface area contributed by atoms with Gasteiger partial charge in [-0.3, -0.25) is 0 Å². The highest BCUT2D eigenvalue weighted by atomic mass is 32.2. The third-order valence-electron chi connectivity index (χ3n) is 5.38. The summed E-state index contributed by atoms with van der Waals surface area (Å²) in [5.41, 5.74) is 2.29. The van der Waals surface area contributed by atoms with Crippen LogP contribution in [0.15, 0.2) is 24.3 Å². The molecule has 0 aromatic heterocycles. The minimum Gasteiger partial charge on any atom is -0.453 e. The number of hydrogen-bond donors (Lipinski definition) is 1. The average Bonchev–Trinajstić information content (AvgIpc) is 3.16. The van der Waals surface area contributed by atoms with Crippen LogP contribution in [0.4, 0.5) is 10.5 Å². The molecular formula is C19H29N3O4S. The van der Waals surface area contributed by atoms with Gasteiger partial charge in [0.25, 0.3) is 0 Å². The second-order valence-electron chi connectivity index (χ2n) is 7.44. The number of carbonyl (C=O) groups excluding carboxylic acids is 1. The van der Waals surface area contributed by atoms with Crippen molar-refractivity contribution in [2.75, 3.05) is 37.9 Å². The summed E-state index contributed by atoms with van der Waals surface area (Å²) in [6, 6.07) is 7.76. The Kier molecular flexibility index (Phi) is 6.26. The molecule has 2 aliphatic rings. The van der Waals surface area contributed by atoms with Gasteiger partial charge in [-0.15, -0.1) is 0 Å². The summed E-state index contributed by atoms with van der Waals surface area (Å²) in [7, 11) is -2.00. The van der Waals surface area contributed by atoms with E-state index >= 15 is 0 Å². The van der Waals surface area contributed by atoms with E-state index in [1.807, 2.05) is 12.1 Å². The fourth-order valence-electron chi connectivity index (χ4n) is 4.16. The monoisotopic (exact) mass is 395 g/mol. The number of likely N-dealkylation sites (tertiary alicyclic amines) is 1. The van der Waals surface area contributed by atoms with Gasteiger partial charge in [0.2, 0.25) is 10.0 Å². The number of ether oxygens (including phenoxy) is 1. The summed E-state index contributed by atoms with van der Waals surface area (Å²) in [5.74, 6) is 0. The van der Waals surface area contributed by atoms with Gasteiger partial charge in [0.15, 0.2) is 0 Å². The highest BCUT2D eigenvalue weighted by molar-refractivity contribution is 7.88. The van der Waals surface area contributed by atoms with Gasteiger partial charge in [-0.2, -0.15) is 0 Å². The summed E-state index contributed by atoms with van der Waals surface area (Å²) >= 11 is 0. The van der Waals surface area contributed by atoms with E-state index in [2.05, 4.69) is 21.8 Å². The molecular weight excluding hydrogens is 366 g/mol. The smallest absolute Gasteiger partial charge is 0.409 e. The number of nitrogens with zero attached hydrogens (tertiary/aromatic N) is 2. The number of methoxy groups -OCH3 is 1. The molecule has 2 unspecified atom stereocenters. The first-order valence-corrected chi connectivity index (χ1v) is 11.4. The van der Waals surface area contributed by atoms with Crippen LogP contribution >= 0.6 is 0 Å². The lowest BCUT2D eigenvalue weighted by Crippen LogP contribution is -2.57. The van der Waals surface area contributed by atoms with Crippen LogP contribution in [0.25, 0.3) is 0 Å². The van der Waals surface area contributed by atoms with Gasteiger partial charge in [-0.25, -0.2) is 17.9 Å². The first-order chi connectivity index (χ1) is 12.9. The van der Waals surface area contributed by atoms with Crippen LogP contribution in [0.3, 0.4) is 0 Å². The van der Waals surface area contributed by atoms with E-state index in [0.717, 1.165) is 31.3 Å². The van der Waals surface area contributed by atoms with E-state index < -0.39 is 16.1 Å². The van der Waals surface area contributed by atoms with Gasteiger partial charge in [-0.05, 0) is 49.8 Å². The summed E-state index contributed by atoms with van der Waals surface area (Å²) in [4.78, 5) is 16.3. The Labute approximate surface area is 161 Å². The van der Waals surface area contributed by atoms with Crippen LogP contribution in [0.2, 0.25) is 0 Å². The second kappa shape index (κ2) is 8.48. The fourth-order valence-corrected chi connectivity index (χ4v) is 4.99. The normalized spacial score (nSPS) is 23.5. The molecule has 0 spiro atoms. The predicted molar refractivity (Wildman–Crippen MR) is 105 cm³/mol. The maximum Gasteiger partial charge on any atom is 0.409 e. The molecule has 3 rings (SSSR count). The number of piperidine rings is 1. The Hall–Kier alpha value is -1.80. The van der Waals surface area contributed by atoms with Crippen LogP contribution in [-0.4, -0.2) is 64.5 Å². The Bertz CT molecular complexity index is 762. The molecule has 27 heavy (non-hydrogen) atoms. The molecule has 7 nitrogen and oxygen atoms in total. The van der Waals surface area contributed by atoms with Gasteiger partial charge >= 0.3 is 6.09 Å². The number of amides is 1. The largest absolute Gasteiger partial charge is 0.453 e. The average molecular weight is 396 g/mol. The van der Waals surface area contributed by atoms with E-state index in [-0.39, 0.29) is 12.1 Å². The second-order valence-corrected chi connectivity index (χ2v) is 9.22. The molecule has 2 fully saturated rings. The number of nitrogens with one attached hydrogen (secondary N) is 1. The predicted octanol–water partition coefficient (Wildman–Crippen LogP) is 1.98. The van der Waals surface area contributed by atoms with E-state index in [4.69, 9.17) is 4.74 Å². The minimum atomic E-state index is -3.36. The lowest BCUT2D eigenvalue weighted by molar-refractivity contribution is 0.0792. The van der Waals surface area contributed by atoms with Crippen molar-refractivity contribution in [1.82, 2.24) is 9.62 Å². The zero-order valence-corrected chi connectivity index (χ0v) is 16.9. The molecule has 0 bridgehead atoms. The number of sulfonamides is 1. The first-order valence-electron chi connectivity index (χ1n) is 9.53. The molecule has 150 valence electrons. The Morgan fingerprint density at radius 1 is 1.22 bits per heavy atom. The molecule has 0 saturated carbocycles. The van der Waals surface area contributed by atoms with Crippen LogP contribution in [0.5, 0.6) is 0 Å². The Morgan fingerprint density at radius 2 is 1.96 bits per heavy atom. The van der Waals surface area contributed by atoms with Crippen molar-refractivity contribution in [3.05, 3.63) is 29.8 Å². The topological polar surface area (TPSA) is 79.0 Å². The van der Waals surface area contributed by atoms with Crippen LogP contribution in [-0.2, 0) is 21.2 Å². The van der Waals surface area contributed by atoms with Crippen molar-refractivity contribution in [2.45, 2.75) is 44.2 Å². The van der Waals surface area contributed by atoms with Crippen molar-refractivity contribution in [3.63, 3.8) is 0 Å². The molecule has 0 radical (unpaired) electrons. The van der Waals surface area contributed by atoms with Gasteiger partial charge < -0.3 is 14.5 Å². The third kappa shape index (κ3) is 5.13. The maximum atomic E-state index is 12.3. The molecule has 2 heterocycles. The summed E-state index contributed by atoms with van der Waals surface area (Å²) < 4.78 is 31.3. The molecule has 8 heteroatoms. The number of benzene rings is 1. The zero-order valence-electron chi connectivity index (χ0n) is 16.1. The van der Waals surface area contributed by atoms with Crippen molar-refractivity contribution in [1.29, 1.82) is 0 Å².